The third-order valence-corrected chi connectivity index (χ3v) is 7.02. The zero-order valence-corrected chi connectivity index (χ0v) is 19.9. The van der Waals surface area contributed by atoms with Gasteiger partial charge in [-0.2, -0.15) is 0 Å². The van der Waals surface area contributed by atoms with E-state index >= 15 is 0 Å². The summed E-state index contributed by atoms with van der Waals surface area (Å²) in [4.78, 5) is 27.0. The molecule has 6 nitrogen and oxygen atoms in total. The van der Waals surface area contributed by atoms with Crippen LogP contribution in [0.2, 0.25) is 5.02 Å². The Morgan fingerprint density at radius 1 is 1.19 bits per heavy atom. The van der Waals surface area contributed by atoms with Crippen molar-refractivity contribution in [3.63, 3.8) is 0 Å². The highest BCUT2D eigenvalue weighted by atomic mass is 35.5. The number of amides is 1. The Kier molecular flexibility index (Phi) is 7.63. The monoisotopic (exact) mass is 455 g/mol. The van der Waals surface area contributed by atoms with Gasteiger partial charge >= 0.3 is 0 Å². The van der Waals surface area contributed by atoms with E-state index < -0.39 is 0 Å². The van der Waals surface area contributed by atoms with E-state index in [9.17, 15) is 4.79 Å². The lowest BCUT2D eigenvalue weighted by Crippen LogP contribution is -2.51. The SMILES string of the molecule is CCCCNCC(C(=O)N1CCN(c2ncnc3c2C(C)CC3)CC1)c1ccc(Cl)cc1. The molecule has 2 heterocycles. The molecule has 1 aliphatic heterocycles. The molecule has 0 bridgehead atoms. The summed E-state index contributed by atoms with van der Waals surface area (Å²) in [6.45, 7) is 9.06. The molecule has 32 heavy (non-hydrogen) atoms. The van der Waals surface area contributed by atoms with Gasteiger partial charge in [-0.15, -0.1) is 0 Å². The van der Waals surface area contributed by atoms with Gasteiger partial charge in [0.1, 0.15) is 12.1 Å². The van der Waals surface area contributed by atoms with Crippen LogP contribution in [0.15, 0.2) is 30.6 Å². The van der Waals surface area contributed by atoms with Crippen molar-refractivity contribution >= 4 is 23.3 Å². The Bertz CT molecular complexity index is 911. The van der Waals surface area contributed by atoms with Crippen molar-refractivity contribution < 1.29 is 4.79 Å². The molecule has 172 valence electrons. The number of fused-ring (bicyclic) bond motifs is 1. The van der Waals surface area contributed by atoms with E-state index in [1.807, 2.05) is 29.2 Å². The Morgan fingerprint density at radius 2 is 1.94 bits per heavy atom. The molecule has 0 saturated carbocycles. The van der Waals surface area contributed by atoms with E-state index in [1.54, 1.807) is 6.33 Å². The van der Waals surface area contributed by atoms with E-state index in [0.29, 0.717) is 30.6 Å². The van der Waals surface area contributed by atoms with Crippen LogP contribution in [0.3, 0.4) is 0 Å². The Balaban J connectivity index is 1.43. The highest BCUT2D eigenvalue weighted by Gasteiger charge is 2.31. The highest BCUT2D eigenvalue weighted by Crippen LogP contribution is 2.37. The summed E-state index contributed by atoms with van der Waals surface area (Å²) >= 11 is 6.09. The number of halogens is 1. The van der Waals surface area contributed by atoms with Crippen molar-refractivity contribution in [2.24, 2.45) is 0 Å². The number of rotatable bonds is 8. The molecule has 1 amide bonds. The molecule has 2 aliphatic rings. The molecule has 0 radical (unpaired) electrons. The average Bonchev–Trinajstić information content (AvgIpc) is 3.21. The van der Waals surface area contributed by atoms with Gasteiger partial charge in [-0.1, -0.05) is 44.0 Å². The lowest BCUT2D eigenvalue weighted by molar-refractivity contribution is -0.133. The maximum Gasteiger partial charge on any atom is 0.231 e. The maximum atomic E-state index is 13.5. The van der Waals surface area contributed by atoms with Crippen LogP contribution in [0.5, 0.6) is 0 Å². The topological polar surface area (TPSA) is 61.4 Å². The van der Waals surface area contributed by atoms with Crippen LogP contribution >= 0.6 is 11.6 Å². The number of nitrogens with one attached hydrogen (secondary N) is 1. The number of hydrogen-bond acceptors (Lipinski definition) is 5. The van der Waals surface area contributed by atoms with Crippen molar-refractivity contribution in [3.8, 4) is 0 Å². The predicted octanol–water partition coefficient (Wildman–Crippen LogP) is 4.00. The first-order chi connectivity index (χ1) is 15.6. The van der Waals surface area contributed by atoms with Crippen LogP contribution in [0, 0.1) is 0 Å². The molecule has 1 N–H and O–H groups in total. The number of piperazine rings is 1. The first-order valence-electron chi connectivity index (χ1n) is 11.9. The Hall–Kier alpha value is -2.18. The molecule has 2 atom stereocenters. The summed E-state index contributed by atoms with van der Waals surface area (Å²) in [7, 11) is 0. The van der Waals surface area contributed by atoms with Crippen molar-refractivity contribution in [1.82, 2.24) is 20.2 Å². The van der Waals surface area contributed by atoms with Crippen LogP contribution in [0.1, 0.15) is 61.8 Å². The van der Waals surface area contributed by atoms with E-state index in [0.717, 1.165) is 56.7 Å². The fourth-order valence-corrected chi connectivity index (χ4v) is 4.95. The molecule has 1 aromatic carbocycles. The molecule has 0 spiro atoms. The lowest BCUT2D eigenvalue weighted by atomic mass is 9.97. The van der Waals surface area contributed by atoms with Crippen molar-refractivity contribution in [3.05, 3.63) is 52.4 Å². The minimum absolute atomic E-state index is 0.192. The van der Waals surface area contributed by atoms with Crippen molar-refractivity contribution in [1.29, 1.82) is 0 Å². The second-order valence-corrected chi connectivity index (χ2v) is 9.41. The molecular weight excluding hydrogens is 422 g/mol. The third kappa shape index (κ3) is 5.07. The summed E-state index contributed by atoms with van der Waals surface area (Å²) < 4.78 is 0. The Labute approximate surface area is 196 Å². The van der Waals surface area contributed by atoms with Crippen LogP contribution < -0.4 is 10.2 Å². The van der Waals surface area contributed by atoms with Gasteiger partial charge in [-0.05, 0) is 49.4 Å². The first kappa shape index (κ1) is 23.0. The van der Waals surface area contributed by atoms with Gasteiger partial charge in [0.25, 0.3) is 0 Å². The zero-order valence-electron chi connectivity index (χ0n) is 19.2. The number of carbonyl (C=O) groups excluding carboxylic acids is 1. The number of aromatic nitrogens is 2. The number of anilines is 1. The normalized spacial score (nSPS) is 19.2. The molecule has 2 unspecified atom stereocenters. The number of benzene rings is 1. The minimum Gasteiger partial charge on any atom is -0.353 e. The molecule has 1 saturated heterocycles. The number of hydrogen-bond donors (Lipinski definition) is 1. The largest absolute Gasteiger partial charge is 0.353 e. The average molecular weight is 456 g/mol. The molecular formula is C25H34ClN5O. The Morgan fingerprint density at radius 3 is 2.66 bits per heavy atom. The molecule has 1 fully saturated rings. The van der Waals surface area contributed by atoms with Gasteiger partial charge in [0, 0.05) is 49.0 Å². The summed E-state index contributed by atoms with van der Waals surface area (Å²) in [6.07, 6.45) is 6.13. The number of carbonyl (C=O) groups is 1. The van der Waals surface area contributed by atoms with E-state index in [-0.39, 0.29) is 11.8 Å². The molecule has 4 rings (SSSR count). The van der Waals surface area contributed by atoms with Crippen LogP contribution in [-0.4, -0.2) is 60.0 Å². The van der Waals surface area contributed by atoms with Crippen molar-refractivity contribution in [2.75, 3.05) is 44.2 Å². The maximum absolute atomic E-state index is 13.5. The summed E-state index contributed by atoms with van der Waals surface area (Å²) in [5, 5.41) is 4.17. The molecule has 1 aliphatic carbocycles. The van der Waals surface area contributed by atoms with Crippen LogP contribution in [-0.2, 0) is 11.2 Å². The second kappa shape index (κ2) is 10.6. The summed E-state index contributed by atoms with van der Waals surface area (Å²) in [5.41, 5.74) is 3.53. The summed E-state index contributed by atoms with van der Waals surface area (Å²) in [6, 6.07) is 7.71. The fourth-order valence-electron chi connectivity index (χ4n) is 4.83. The fraction of sp³-hybridized carbons (Fsp3) is 0.560. The molecule has 2 aromatic rings. The van der Waals surface area contributed by atoms with E-state index in [4.69, 9.17) is 11.6 Å². The number of aryl methyl sites for hydroxylation is 1. The van der Waals surface area contributed by atoms with Crippen LogP contribution in [0.25, 0.3) is 0 Å². The van der Waals surface area contributed by atoms with E-state index in [1.165, 1.54) is 11.3 Å². The number of nitrogens with zero attached hydrogens (tertiary/aromatic N) is 4. The van der Waals surface area contributed by atoms with Gasteiger partial charge in [-0.3, -0.25) is 4.79 Å². The van der Waals surface area contributed by atoms with Gasteiger partial charge in [0.2, 0.25) is 5.91 Å². The van der Waals surface area contributed by atoms with Crippen LogP contribution in [0.4, 0.5) is 5.82 Å². The van der Waals surface area contributed by atoms with Gasteiger partial charge in [0.05, 0.1) is 5.92 Å². The second-order valence-electron chi connectivity index (χ2n) is 8.97. The van der Waals surface area contributed by atoms with Gasteiger partial charge in [-0.25, -0.2) is 9.97 Å². The predicted molar refractivity (Wildman–Crippen MR) is 130 cm³/mol. The van der Waals surface area contributed by atoms with Crippen molar-refractivity contribution in [2.45, 2.75) is 51.4 Å². The highest BCUT2D eigenvalue weighted by molar-refractivity contribution is 6.30. The quantitative estimate of drug-likeness (QED) is 0.609. The molecule has 1 aromatic heterocycles. The van der Waals surface area contributed by atoms with Gasteiger partial charge < -0.3 is 15.1 Å². The smallest absolute Gasteiger partial charge is 0.231 e. The summed E-state index contributed by atoms with van der Waals surface area (Å²) in [5.74, 6) is 1.57. The lowest BCUT2D eigenvalue weighted by Gasteiger charge is -2.38. The first-order valence-corrected chi connectivity index (χ1v) is 12.3. The zero-order chi connectivity index (χ0) is 22.5. The minimum atomic E-state index is -0.195. The molecule has 7 heteroatoms. The third-order valence-electron chi connectivity index (χ3n) is 6.77. The van der Waals surface area contributed by atoms with Gasteiger partial charge in [0.15, 0.2) is 0 Å². The standard InChI is InChI=1S/C25H34ClN5O/c1-3-4-11-27-16-21(19-6-8-20(26)9-7-19)25(32)31-14-12-30(13-15-31)24-23-18(2)5-10-22(23)28-17-29-24/h6-9,17-18,21,27H,3-5,10-16H2,1-2H3. The van der Waals surface area contributed by atoms with E-state index in [2.05, 4.69) is 34.0 Å². The number of unbranched alkanes of at least 4 members (excludes halogenated alkanes) is 1.